The maximum Gasteiger partial charge on any atom is 0.239 e. The maximum atomic E-state index is 13.2. The molecule has 1 aromatic carbocycles. The van der Waals surface area contributed by atoms with Gasteiger partial charge in [0.1, 0.15) is 12.1 Å². The molecule has 0 aliphatic rings. The van der Waals surface area contributed by atoms with Gasteiger partial charge >= 0.3 is 0 Å². The van der Waals surface area contributed by atoms with E-state index in [2.05, 4.69) is 10.1 Å². The molecule has 0 atom stereocenters. The van der Waals surface area contributed by atoms with Gasteiger partial charge in [0.05, 0.1) is 6.54 Å². The van der Waals surface area contributed by atoms with E-state index in [9.17, 15) is 4.39 Å². The number of hydrogen-bond acceptors (Lipinski definition) is 3. The number of nitrogen functional groups attached to an aromatic ring is 1. The molecule has 4 nitrogen and oxygen atoms in total. The van der Waals surface area contributed by atoms with Crippen molar-refractivity contribution in [1.82, 2.24) is 14.8 Å². The van der Waals surface area contributed by atoms with E-state index in [1.165, 1.54) is 17.1 Å². The molecule has 0 saturated heterocycles. The first-order chi connectivity index (χ1) is 6.75. The molecule has 0 spiro atoms. The van der Waals surface area contributed by atoms with Crippen LogP contribution in [0.1, 0.15) is 5.56 Å². The Morgan fingerprint density at radius 1 is 1.36 bits per heavy atom. The van der Waals surface area contributed by atoms with Gasteiger partial charge < -0.3 is 5.73 Å². The van der Waals surface area contributed by atoms with Crippen LogP contribution in [0.25, 0.3) is 0 Å². The van der Waals surface area contributed by atoms with Crippen molar-refractivity contribution in [2.75, 3.05) is 5.73 Å². The molecular formula is C9H9FN4. The van der Waals surface area contributed by atoms with E-state index in [0.717, 1.165) is 0 Å². The van der Waals surface area contributed by atoms with Crippen molar-refractivity contribution in [2.45, 2.75) is 6.54 Å². The third kappa shape index (κ3) is 1.71. The zero-order chi connectivity index (χ0) is 9.97. The summed E-state index contributed by atoms with van der Waals surface area (Å²) in [6.07, 6.45) is 1.47. The molecule has 0 aliphatic carbocycles. The second kappa shape index (κ2) is 3.45. The first-order valence-electron chi connectivity index (χ1n) is 4.14. The number of anilines is 1. The van der Waals surface area contributed by atoms with Crippen LogP contribution in [-0.4, -0.2) is 14.8 Å². The minimum absolute atomic E-state index is 0.196. The predicted molar refractivity (Wildman–Crippen MR) is 49.9 cm³/mol. The van der Waals surface area contributed by atoms with Gasteiger partial charge in [-0.05, 0) is 6.07 Å². The number of rotatable bonds is 2. The molecule has 2 N–H and O–H groups in total. The van der Waals surface area contributed by atoms with Crippen LogP contribution in [0.4, 0.5) is 10.3 Å². The van der Waals surface area contributed by atoms with E-state index in [4.69, 9.17) is 5.73 Å². The Morgan fingerprint density at radius 2 is 2.14 bits per heavy atom. The lowest BCUT2D eigenvalue weighted by Crippen LogP contribution is -2.02. The van der Waals surface area contributed by atoms with Crippen molar-refractivity contribution in [1.29, 1.82) is 0 Å². The molecule has 0 aliphatic heterocycles. The Hall–Kier alpha value is -1.91. The molecule has 72 valence electrons. The fourth-order valence-corrected chi connectivity index (χ4v) is 1.19. The summed E-state index contributed by atoms with van der Waals surface area (Å²) in [6.45, 7) is 0.344. The summed E-state index contributed by atoms with van der Waals surface area (Å²) in [6, 6.07) is 6.54. The molecule has 0 radical (unpaired) electrons. The van der Waals surface area contributed by atoms with E-state index in [0.29, 0.717) is 12.1 Å². The van der Waals surface area contributed by atoms with Gasteiger partial charge in [-0.15, -0.1) is 5.10 Å². The van der Waals surface area contributed by atoms with Gasteiger partial charge in [-0.25, -0.2) is 14.1 Å². The fraction of sp³-hybridized carbons (Fsp3) is 0.111. The van der Waals surface area contributed by atoms with Crippen molar-refractivity contribution in [3.8, 4) is 0 Å². The van der Waals surface area contributed by atoms with Crippen LogP contribution in [-0.2, 0) is 6.54 Å². The highest BCUT2D eigenvalue weighted by atomic mass is 19.1. The van der Waals surface area contributed by atoms with Crippen molar-refractivity contribution in [2.24, 2.45) is 0 Å². The number of nitrogens with zero attached hydrogens (tertiary/aromatic N) is 3. The van der Waals surface area contributed by atoms with Gasteiger partial charge in [0.25, 0.3) is 0 Å². The number of benzene rings is 1. The Morgan fingerprint density at radius 3 is 2.79 bits per heavy atom. The van der Waals surface area contributed by atoms with Crippen LogP contribution in [0.3, 0.4) is 0 Å². The SMILES string of the molecule is Nc1ncn(Cc2ccccc2F)n1. The molecule has 0 unspecified atom stereocenters. The topological polar surface area (TPSA) is 56.7 Å². The van der Waals surface area contributed by atoms with Gasteiger partial charge in [0, 0.05) is 5.56 Å². The average Bonchev–Trinajstić information content (AvgIpc) is 2.56. The van der Waals surface area contributed by atoms with Crippen molar-refractivity contribution < 1.29 is 4.39 Å². The van der Waals surface area contributed by atoms with Crippen molar-refractivity contribution in [3.63, 3.8) is 0 Å². The normalized spacial score (nSPS) is 10.4. The summed E-state index contributed by atoms with van der Waals surface area (Å²) in [5, 5.41) is 3.86. The molecule has 1 heterocycles. The highest BCUT2D eigenvalue weighted by Crippen LogP contribution is 2.07. The highest BCUT2D eigenvalue weighted by Gasteiger charge is 2.02. The Bertz CT molecular complexity index is 438. The fourth-order valence-electron chi connectivity index (χ4n) is 1.19. The van der Waals surface area contributed by atoms with Crippen molar-refractivity contribution >= 4 is 5.95 Å². The summed E-state index contributed by atoms with van der Waals surface area (Å²) in [4.78, 5) is 3.75. The first kappa shape index (κ1) is 8.68. The monoisotopic (exact) mass is 192 g/mol. The summed E-state index contributed by atoms with van der Waals surface area (Å²) < 4.78 is 14.7. The molecule has 2 rings (SSSR count). The Labute approximate surface area is 80.2 Å². The lowest BCUT2D eigenvalue weighted by Gasteiger charge is -2.01. The highest BCUT2D eigenvalue weighted by molar-refractivity contribution is 5.18. The van der Waals surface area contributed by atoms with Crippen LogP contribution in [0, 0.1) is 5.82 Å². The van der Waals surface area contributed by atoms with Gasteiger partial charge in [-0.2, -0.15) is 0 Å². The third-order valence-electron chi connectivity index (χ3n) is 1.84. The second-order valence-corrected chi connectivity index (χ2v) is 2.89. The molecule has 0 bridgehead atoms. The van der Waals surface area contributed by atoms with Gasteiger partial charge in [-0.3, -0.25) is 0 Å². The first-order valence-corrected chi connectivity index (χ1v) is 4.14. The number of halogens is 1. The molecule has 14 heavy (non-hydrogen) atoms. The zero-order valence-corrected chi connectivity index (χ0v) is 7.39. The largest absolute Gasteiger partial charge is 0.367 e. The number of aromatic nitrogens is 3. The van der Waals surface area contributed by atoms with Crippen LogP contribution < -0.4 is 5.73 Å². The van der Waals surface area contributed by atoms with E-state index < -0.39 is 0 Å². The minimum atomic E-state index is -0.249. The molecule has 0 fully saturated rings. The predicted octanol–water partition coefficient (Wildman–Crippen LogP) is 1.05. The maximum absolute atomic E-state index is 13.2. The van der Waals surface area contributed by atoms with E-state index in [1.54, 1.807) is 18.2 Å². The number of nitrogens with two attached hydrogens (primary N) is 1. The summed E-state index contributed by atoms with van der Waals surface area (Å²) in [7, 11) is 0. The van der Waals surface area contributed by atoms with E-state index in [-0.39, 0.29) is 11.8 Å². The summed E-state index contributed by atoms with van der Waals surface area (Å²) in [5.41, 5.74) is 5.90. The standard InChI is InChI=1S/C9H9FN4/c10-8-4-2-1-3-7(8)5-14-6-12-9(11)13-14/h1-4,6H,5H2,(H2,11,13). The van der Waals surface area contributed by atoms with Crippen molar-refractivity contribution in [3.05, 3.63) is 42.0 Å². The molecule has 5 heteroatoms. The van der Waals surface area contributed by atoms with Gasteiger partial charge in [0.15, 0.2) is 0 Å². The Balaban J connectivity index is 2.23. The van der Waals surface area contributed by atoms with Crippen LogP contribution in [0.5, 0.6) is 0 Å². The quantitative estimate of drug-likeness (QED) is 0.773. The second-order valence-electron chi connectivity index (χ2n) is 2.89. The minimum Gasteiger partial charge on any atom is -0.367 e. The Kier molecular flexibility index (Phi) is 2.14. The average molecular weight is 192 g/mol. The molecule has 2 aromatic rings. The lowest BCUT2D eigenvalue weighted by atomic mass is 10.2. The van der Waals surface area contributed by atoms with Gasteiger partial charge in [-0.1, -0.05) is 18.2 Å². The molecule has 0 amide bonds. The summed E-state index contributed by atoms with van der Waals surface area (Å²) in [5.74, 6) is -0.0529. The van der Waals surface area contributed by atoms with Crippen LogP contribution in [0.2, 0.25) is 0 Å². The summed E-state index contributed by atoms with van der Waals surface area (Å²) >= 11 is 0. The molecule has 0 saturated carbocycles. The lowest BCUT2D eigenvalue weighted by molar-refractivity contribution is 0.585. The third-order valence-corrected chi connectivity index (χ3v) is 1.84. The number of hydrogen-bond donors (Lipinski definition) is 1. The van der Waals surface area contributed by atoms with E-state index in [1.807, 2.05) is 0 Å². The van der Waals surface area contributed by atoms with Gasteiger partial charge in [0.2, 0.25) is 5.95 Å². The molecular weight excluding hydrogens is 183 g/mol. The van der Waals surface area contributed by atoms with Crippen LogP contribution in [0.15, 0.2) is 30.6 Å². The zero-order valence-electron chi connectivity index (χ0n) is 7.39. The smallest absolute Gasteiger partial charge is 0.239 e. The molecule has 1 aromatic heterocycles. The van der Waals surface area contributed by atoms with E-state index >= 15 is 0 Å². The van der Waals surface area contributed by atoms with Crippen LogP contribution >= 0.6 is 0 Å².